The first-order valence-electron chi connectivity index (χ1n) is 6.74. The third-order valence-electron chi connectivity index (χ3n) is 3.07. The van der Waals surface area contributed by atoms with Crippen LogP contribution in [0.1, 0.15) is 16.1 Å². The van der Waals surface area contributed by atoms with Crippen LogP contribution in [0.4, 0.5) is 10.8 Å². The SMILES string of the molecule is COC(=O)c1csc(NC(=O)[C@@H](N)Cc2ccc([N+](=O)[O-])cc2)n1. The van der Waals surface area contributed by atoms with Crippen molar-refractivity contribution in [2.45, 2.75) is 12.5 Å². The normalized spacial score (nSPS) is 11.6. The maximum Gasteiger partial charge on any atom is 0.357 e. The van der Waals surface area contributed by atoms with Gasteiger partial charge in [-0.25, -0.2) is 9.78 Å². The Bertz CT molecular complexity index is 759. The van der Waals surface area contributed by atoms with Crippen molar-refractivity contribution in [3.63, 3.8) is 0 Å². The van der Waals surface area contributed by atoms with E-state index < -0.39 is 22.8 Å². The van der Waals surface area contributed by atoms with Crippen molar-refractivity contribution in [1.29, 1.82) is 0 Å². The molecule has 0 aliphatic rings. The van der Waals surface area contributed by atoms with Crippen LogP contribution in [-0.4, -0.2) is 34.9 Å². The predicted molar refractivity (Wildman–Crippen MR) is 86.9 cm³/mol. The van der Waals surface area contributed by atoms with Crippen LogP contribution in [-0.2, 0) is 16.0 Å². The number of carbonyl (C=O) groups is 2. The second-order valence-electron chi connectivity index (χ2n) is 4.75. The smallest absolute Gasteiger partial charge is 0.357 e. The van der Waals surface area contributed by atoms with E-state index in [0.29, 0.717) is 5.56 Å². The number of anilines is 1. The summed E-state index contributed by atoms with van der Waals surface area (Å²) in [4.78, 5) is 37.4. The zero-order chi connectivity index (χ0) is 17.7. The van der Waals surface area contributed by atoms with Crippen molar-refractivity contribution in [2.75, 3.05) is 12.4 Å². The Balaban J connectivity index is 1.95. The number of hydrogen-bond acceptors (Lipinski definition) is 8. The first kappa shape index (κ1) is 17.5. The average Bonchev–Trinajstić information content (AvgIpc) is 3.03. The Morgan fingerprint density at radius 1 is 1.42 bits per heavy atom. The number of nitrogens with one attached hydrogen (secondary N) is 1. The van der Waals surface area contributed by atoms with Gasteiger partial charge in [-0.2, -0.15) is 0 Å². The van der Waals surface area contributed by atoms with Crippen molar-refractivity contribution in [1.82, 2.24) is 4.98 Å². The number of nitrogens with two attached hydrogens (primary N) is 1. The fourth-order valence-corrected chi connectivity index (χ4v) is 2.51. The van der Waals surface area contributed by atoms with Gasteiger partial charge in [-0.05, 0) is 12.0 Å². The Hall–Kier alpha value is -2.85. The van der Waals surface area contributed by atoms with Crippen molar-refractivity contribution in [3.05, 3.63) is 51.0 Å². The molecule has 2 rings (SSSR count). The molecule has 0 aliphatic carbocycles. The molecule has 1 aromatic heterocycles. The van der Waals surface area contributed by atoms with Gasteiger partial charge in [0.2, 0.25) is 5.91 Å². The lowest BCUT2D eigenvalue weighted by molar-refractivity contribution is -0.384. The zero-order valence-electron chi connectivity index (χ0n) is 12.6. The van der Waals surface area contributed by atoms with Gasteiger partial charge in [0.15, 0.2) is 10.8 Å². The molecule has 0 fully saturated rings. The van der Waals surface area contributed by atoms with Crippen LogP contribution in [0.5, 0.6) is 0 Å². The standard InChI is InChI=1S/C14H14N4O5S/c1-23-13(20)11-7-24-14(16-11)17-12(19)10(15)6-8-2-4-9(5-3-8)18(21)22/h2-5,7,10H,6,15H2,1H3,(H,16,17,19)/t10-/m0/s1. The fraction of sp³-hybridized carbons (Fsp3) is 0.214. The highest BCUT2D eigenvalue weighted by Gasteiger charge is 2.18. The van der Waals surface area contributed by atoms with Gasteiger partial charge in [-0.1, -0.05) is 12.1 Å². The third-order valence-corrected chi connectivity index (χ3v) is 3.83. The highest BCUT2D eigenvalue weighted by Crippen LogP contribution is 2.17. The minimum atomic E-state index is -0.864. The number of aromatic nitrogens is 1. The molecule has 0 saturated carbocycles. The van der Waals surface area contributed by atoms with E-state index in [0.717, 1.165) is 11.3 Å². The van der Waals surface area contributed by atoms with Gasteiger partial charge in [0, 0.05) is 17.5 Å². The molecule has 0 spiro atoms. The van der Waals surface area contributed by atoms with Crippen LogP contribution in [0.3, 0.4) is 0 Å². The van der Waals surface area contributed by atoms with Crippen molar-refractivity contribution >= 4 is 34.0 Å². The molecule has 0 radical (unpaired) electrons. The van der Waals surface area contributed by atoms with Crippen LogP contribution in [0.25, 0.3) is 0 Å². The van der Waals surface area contributed by atoms with Crippen LogP contribution >= 0.6 is 11.3 Å². The zero-order valence-corrected chi connectivity index (χ0v) is 13.4. The Morgan fingerprint density at radius 3 is 2.67 bits per heavy atom. The number of hydrogen-bond donors (Lipinski definition) is 2. The molecule has 126 valence electrons. The first-order chi connectivity index (χ1) is 11.4. The maximum absolute atomic E-state index is 12.0. The summed E-state index contributed by atoms with van der Waals surface area (Å²) in [6, 6.07) is 4.93. The monoisotopic (exact) mass is 350 g/mol. The number of non-ortho nitro benzene ring substituents is 1. The van der Waals surface area contributed by atoms with Gasteiger partial charge in [0.1, 0.15) is 0 Å². The summed E-state index contributed by atoms with van der Waals surface area (Å²) in [5.74, 6) is -1.07. The molecule has 9 nitrogen and oxygen atoms in total. The maximum atomic E-state index is 12.0. The highest BCUT2D eigenvalue weighted by atomic mass is 32.1. The molecule has 3 N–H and O–H groups in total. The van der Waals surface area contributed by atoms with Gasteiger partial charge in [0.05, 0.1) is 18.1 Å². The number of nitrogens with zero attached hydrogens (tertiary/aromatic N) is 2. The number of amides is 1. The van der Waals surface area contributed by atoms with E-state index >= 15 is 0 Å². The Kier molecular flexibility index (Phi) is 5.55. The second-order valence-corrected chi connectivity index (χ2v) is 5.61. The van der Waals surface area contributed by atoms with Gasteiger partial charge < -0.3 is 15.8 Å². The van der Waals surface area contributed by atoms with Crippen LogP contribution < -0.4 is 11.1 Å². The number of nitro groups is 1. The summed E-state index contributed by atoms with van der Waals surface area (Å²) in [5, 5.41) is 14.8. The van der Waals surface area contributed by atoms with Crippen molar-refractivity contribution in [3.8, 4) is 0 Å². The van der Waals surface area contributed by atoms with Crippen LogP contribution in [0.15, 0.2) is 29.6 Å². The minimum absolute atomic E-state index is 0.0325. The summed E-state index contributed by atoms with van der Waals surface area (Å²) in [6.45, 7) is 0. The number of methoxy groups -OCH3 is 1. The van der Waals surface area contributed by atoms with Crippen LogP contribution in [0, 0.1) is 10.1 Å². The number of carbonyl (C=O) groups excluding carboxylic acids is 2. The summed E-state index contributed by atoms with van der Waals surface area (Å²) in [5.41, 5.74) is 6.59. The molecule has 0 unspecified atom stereocenters. The van der Waals surface area contributed by atoms with Crippen molar-refractivity contribution in [2.24, 2.45) is 5.73 Å². The number of ether oxygens (including phenoxy) is 1. The average molecular weight is 350 g/mol. The predicted octanol–water partition coefficient (Wildman–Crippen LogP) is 1.35. The Morgan fingerprint density at radius 2 is 2.08 bits per heavy atom. The first-order valence-corrected chi connectivity index (χ1v) is 7.62. The summed E-state index contributed by atoms with van der Waals surface area (Å²) < 4.78 is 4.53. The van der Waals surface area contributed by atoms with E-state index in [2.05, 4.69) is 15.0 Å². The topological polar surface area (TPSA) is 137 Å². The number of rotatable bonds is 6. The minimum Gasteiger partial charge on any atom is -0.464 e. The van der Waals surface area contributed by atoms with E-state index in [1.54, 1.807) is 12.1 Å². The van der Waals surface area contributed by atoms with Gasteiger partial charge in [0.25, 0.3) is 5.69 Å². The van der Waals surface area contributed by atoms with E-state index in [1.807, 2.05) is 0 Å². The number of nitro benzene ring substituents is 1. The molecular formula is C14H14N4O5S. The molecule has 0 bridgehead atoms. The van der Waals surface area contributed by atoms with Crippen molar-refractivity contribution < 1.29 is 19.2 Å². The molecule has 1 heterocycles. The molecule has 0 saturated heterocycles. The quantitative estimate of drug-likeness (QED) is 0.455. The highest BCUT2D eigenvalue weighted by molar-refractivity contribution is 7.14. The molecule has 1 aromatic carbocycles. The van der Waals surface area contributed by atoms with E-state index in [9.17, 15) is 19.7 Å². The lowest BCUT2D eigenvalue weighted by Gasteiger charge is -2.10. The van der Waals surface area contributed by atoms with E-state index in [1.165, 1.54) is 24.6 Å². The number of benzene rings is 1. The lowest BCUT2D eigenvalue weighted by atomic mass is 10.1. The van der Waals surface area contributed by atoms with Crippen LogP contribution in [0.2, 0.25) is 0 Å². The second kappa shape index (κ2) is 7.62. The third kappa shape index (κ3) is 4.33. The molecule has 24 heavy (non-hydrogen) atoms. The largest absolute Gasteiger partial charge is 0.464 e. The number of esters is 1. The van der Waals surface area contributed by atoms with E-state index in [-0.39, 0.29) is 22.9 Å². The van der Waals surface area contributed by atoms with Gasteiger partial charge >= 0.3 is 5.97 Å². The molecule has 1 atom stereocenters. The molecular weight excluding hydrogens is 336 g/mol. The number of thiazole rings is 1. The molecule has 1 amide bonds. The molecule has 0 aliphatic heterocycles. The van der Waals surface area contributed by atoms with Gasteiger partial charge in [-0.3, -0.25) is 14.9 Å². The summed E-state index contributed by atoms with van der Waals surface area (Å²) in [7, 11) is 1.24. The van der Waals surface area contributed by atoms with Gasteiger partial charge in [-0.15, -0.1) is 11.3 Å². The summed E-state index contributed by atoms with van der Waals surface area (Å²) >= 11 is 1.08. The molecule has 2 aromatic rings. The Labute approximate surface area is 140 Å². The summed E-state index contributed by atoms with van der Waals surface area (Å²) in [6.07, 6.45) is 0.207. The lowest BCUT2D eigenvalue weighted by Crippen LogP contribution is -2.37. The fourth-order valence-electron chi connectivity index (χ4n) is 1.83. The van der Waals surface area contributed by atoms with E-state index in [4.69, 9.17) is 5.73 Å². The molecule has 10 heteroatoms.